The Labute approximate surface area is 131 Å². The van der Waals surface area contributed by atoms with Crippen molar-refractivity contribution in [3.05, 3.63) is 30.5 Å². The van der Waals surface area contributed by atoms with Gasteiger partial charge in [0, 0.05) is 19.3 Å². The van der Waals surface area contributed by atoms with Gasteiger partial charge in [-0.05, 0) is 37.6 Å². The van der Waals surface area contributed by atoms with Gasteiger partial charge >= 0.3 is 0 Å². The Morgan fingerprint density at radius 3 is 2.64 bits per heavy atom. The van der Waals surface area contributed by atoms with E-state index < -0.39 is 0 Å². The van der Waals surface area contributed by atoms with Gasteiger partial charge in [0.05, 0.1) is 12.8 Å². The van der Waals surface area contributed by atoms with E-state index in [1.807, 2.05) is 43.1 Å². The SMILES string of the molecule is CCCCN(C)c1nncc(Nc2ccc(OCC)cc2)n1. The van der Waals surface area contributed by atoms with Crippen molar-refractivity contribution in [3.63, 3.8) is 0 Å². The number of nitrogens with zero attached hydrogens (tertiary/aromatic N) is 4. The van der Waals surface area contributed by atoms with E-state index in [4.69, 9.17) is 4.74 Å². The summed E-state index contributed by atoms with van der Waals surface area (Å²) < 4.78 is 5.43. The third kappa shape index (κ3) is 4.58. The first kappa shape index (κ1) is 16.0. The number of anilines is 3. The molecule has 0 radical (unpaired) electrons. The van der Waals surface area contributed by atoms with E-state index in [0.717, 1.165) is 30.8 Å². The first-order chi connectivity index (χ1) is 10.7. The molecule has 0 bridgehead atoms. The maximum Gasteiger partial charge on any atom is 0.247 e. The van der Waals surface area contributed by atoms with Crippen LogP contribution in [-0.2, 0) is 0 Å². The summed E-state index contributed by atoms with van der Waals surface area (Å²) in [5, 5.41) is 11.3. The molecule has 6 nitrogen and oxygen atoms in total. The fourth-order valence-corrected chi connectivity index (χ4v) is 1.96. The molecule has 2 aromatic rings. The molecule has 1 aromatic heterocycles. The summed E-state index contributed by atoms with van der Waals surface area (Å²) in [6.45, 7) is 5.72. The largest absolute Gasteiger partial charge is 0.494 e. The Morgan fingerprint density at radius 1 is 1.18 bits per heavy atom. The predicted octanol–water partition coefficient (Wildman–Crippen LogP) is 3.25. The number of benzene rings is 1. The van der Waals surface area contributed by atoms with Crippen LogP contribution >= 0.6 is 0 Å². The number of rotatable bonds is 8. The van der Waals surface area contributed by atoms with Crippen LogP contribution in [0.25, 0.3) is 0 Å². The summed E-state index contributed by atoms with van der Waals surface area (Å²) in [5.74, 6) is 2.16. The molecule has 1 heterocycles. The molecule has 0 spiro atoms. The Bertz CT molecular complexity index is 573. The van der Waals surface area contributed by atoms with Gasteiger partial charge < -0.3 is 15.0 Å². The fourth-order valence-electron chi connectivity index (χ4n) is 1.96. The molecule has 0 aliphatic heterocycles. The minimum absolute atomic E-state index is 0.629. The third-order valence-corrected chi connectivity index (χ3v) is 3.17. The van der Waals surface area contributed by atoms with Crippen LogP contribution in [0.4, 0.5) is 17.5 Å². The summed E-state index contributed by atoms with van der Waals surface area (Å²) in [7, 11) is 1.98. The molecule has 0 atom stereocenters. The highest BCUT2D eigenvalue weighted by Crippen LogP contribution is 2.19. The van der Waals surface area contributed by atoms with Gasteiger partial charge in [-0.25, -0.2) is 0 Å². The summed E-state index contributed by atoms with van der Waals surface area (Å²) in [6, 6.07) is 7.75. The number of ether oxygens (including phenoxy) is 1. The molecule has 0 saturated carbocycles. The molecular weight excluding hydrogens is 278 g/mol. The Hall–Kier alpha value is -2.37. The number of aromatic nitrogens is 3. The van der Waals surface area contributed by atoms with Gasteiger partial charge in [0.1, 0.15) is 5.75 Å². The average Bonchev–Trinajstić information content (AvgIpc) is 2.55. The fraction of sp³-hybridized carbons (Fsp3) is 0.438. The second-order valence-electron chi connectivity index (χ2n) is 5.00. The minimum atomic E-state index is 0.629. The molecule has 0 unspecified atom stereocenters. The van der Waals surface area contributed by atoms with Crippen molar-refractivity contribution in [2.75, 3.05) is 30.4 Å². The molecule has 1 aromatic carbocycles. The number of nitrogens with one attached hydrogen (secondary N) is 1. The first-order valence-corrected chi connectivity index (χ1v) is 7.63. The van der Waals surface area contributed by atoms with Gasteiger partial charge in [0.25, 0.3) is 0 Å². The van der Waals surface area contributed by atoms with Crippen LogP contribution in [0.2, 0.25) is 0 Å². The number of unbranched alkanes of at least 4 members (excludes halogenated alkanes) is 1. The van der Waals surface area contributed by atoms with Crippen molar-refractivity contribution in [1.29, 1.82) is 0 Å². The quantitative estimate of drug-likeness (QED) is 0.807. The predicted molar refractivity (Wildman–Crippen MR) is 88.9 cm³/mol. The van der Waals surface area contributed by atoms with Gasteiger partial charge in [0.2, 0.25) is 5.95 Å². The van der Waals surface area contributed by atoms with E-state index in [2.05, 4.69) is 27.4 Å². The van der Waals surface area contributed by atoms with Crippen LogP contribution in [0.3, 0.4) is 0 Å². The standard InChI is InChI=1S/C16H23N5O/c1-4-6-11-21(3)16-19-15(12-17-20-16)18-13-7-9-14(10-8-13)22-5-2/h7-10,12H,4-6,11H2,1-3H3,(H,18,19,20). The normalized spacial score (nSPS) is 10.3. The molecule has 22 heavy (non-hydrogen) atoms. The van der Waals surface area contributed by atoms with Crippen LogP contribution in [0.1, 0.15) is 26.7 Å². The molecule has 6 heteroatoms. The molecule has 0 aliphatic rings. The van der Waals surface area contributed by atoms with Gasteiger partial charge in [-0.1, -0.05) is 13.3 Å². The second kappa shape index (κ2) is 8.17. The van der Waals surface area contributed by atoms with Crippen molar-refractivity contribution in [1.82, 2.24) is 15.2 Å². The lowest BCUT2D eigenvalue weighted by Crippen LogP contribution is -2.21. The zero-order valence-electron chi connectivity index (χ0n) is 13.4. The second-order valence-corrected chi connectivity index (χ2v) is 5.00. The lowest BCUT2D eigenvalue weighted by atomic mass is 10.3. The molecular formula is C16H23N5O. The molecule has 0 saturated heterocycles. The monoisotopic (exact) mass is 301 g/mol. The summed E-state index contributed by atoms with van der Waals surface area (Å²) in [6.07, 6.45) is 3.87. The molecule has 1 N–H and O–H groups in total. The smallest absolute Gasteiger partial charge is 0.247 e. The lowest BCUT2D eigenvalue weighted by Gasteiger charge is -2.16. The topological polar surface area (TPSA) is 63.2 Å². The molecule has 2 rings (SSSR count). The molecule has 0 amide bonds. The van der Waals surface area contributed by atoms with Gasteiger partial charge in [0.15, 0.2) is 5.82 Å². The highest BCUT2D eigenvalue weighted by molar-refractivity contribution is 5.57. The van der Waals surface area contributed by atoms with E-state index in [9.17, 15) is 0 Å². The maximum absolute atomic E-state index is 5.43. The van der Waals surface area contributed by atoms with Crippen molar-refractivity contribution in [2.24, 2.45) is 0 Å². The zero-order valence-corrected chi connectivity index (χ0v) is 13.4. The number of hydrogen-bond donors (Lipinski definition) is 1. The van der Waals surface area contributed by atoms with Crippen LogP contribution in [0.5, 0.6) is 5.75 Å². The number of hydrogen-bond acceptors (Lipinski definition) is 6. The van der Waals surface area contributed by atoms with E-state index in [0.29, 0.717) is 18.4 Å². The summed E-state index contributed by atoms with van der Waals surface area (Å²) in [5.41, 5.74) is 0.936. The van der Waals surface area contributed by atoms with Crippen LogP contribution < -0.4 is 15.0 Å². The molecule has 0 aliphatic carbocycles. The Balaban J connectivity index is 2.03. The zero-order chi connectivity index (χ0) is 15.8. The van der Waals surface area contributed by atoms with Gasteiger partial charge in [-0.15, -0.1) is 5.10 Å². The molecule has 118 valence electrons. The van der Waals surface area contributed by atoms with Crippen LogP contribution in [0.15, 0.2) is 30.5 Å². The van der Waals surface area contributed by atoms with E-state index in [1.54, 1.807) is 6.20 Å². The third-order valence-electron chi connectivity index (χ3n) is 3.17. The minimum Gasteiger partial charge on any atom is -0.494 e. The average molecular weight is 301 g/mol. The highest BCUT2D eigenvalue weighted by atomic mass is 16.5. The Kier molecular flexibility index (Phi) is 5.94. The van der Waals surface area contributed by atoms with Gasteiger partial charge in [-0.2, -0.15) is 10.1 Å². The van der Waals surface area contributed by atoms with Crippen LogP contribution in [0, 0.1) is 0 Å². The van der Waals surface area contributed by atoms with Crippen molar-refractivity contribution in [3.8, 4) is 5.75 Å². The molecule has 0 fully saturated rings. The summed E-state index contributed by atoms with van der Waals surface area (Å²) >= 11 is 0. The highest BCUT2D eigenvalue weighted by Gasteiger charge is 2.06. The lowest BCUT2D eigenvalue weighted by molar-refractivity contribution is 0.340. The van der Waals surface area contributed by atoms with E-state index in [1.165, 1.54) is 0 Å². The van der Waals surface area contributed by atoms with Crippen molar-refractivity contribution >= 4 is 17.5 Å². The maximum atomic E-state index is 5.43. The first-order valence-electron chi connectivity index (χ1n) is 7.63. The Morgan fingerprint density at radius 2 is 1.95 bits per heavy atom. The summed E-state index contributed by atoms with van der Waals surface area (Å²) in [4.78, 5) is 6.50. The van der Waals surface area contributed by atoms with E-state index in [-0.39, 0.29) is 0 Å². The van der Waals surface area contributed by atoms with E-state index >= 15 is 0 Å². The van der Waals surface area contributed by atoms with Crippen LogP contribution in [-0.4, -0.2) is 35.4 Å². The van der Waals surface area contributed by atoms with Gasteiger partial charge in [-0.3, -0.25) is 0 Å². The van der Waals surface area contributed by atoms with Crippen molar-refractivity contribution in [2.45, 2.75) is 26.7 Å². The van der Waals surface area contributed by atoms with Crippen molar-refractivity contribution < 1.29 is 4.74 Å².